The van der Waals surface area contributed by atoms with E-state index in [1.165, 1.54) is 5.56 Å². The lowest BCUT2D eigenvalue weighted by molar-refractivity contribution is 0.0984. The van der Waals surface area contributed by atoms with Crippen molar-refractivity contribution in [3.63, 3.8) is 0 Å². The van der Waals surface area contributed by atoms with Crippen LogP contribution in [-0.2, 0) is 11.2 Å². The van der Waals surface area contributed by atoms with Gasteiger partial charge < -0.3 is 9.84 Å². The lowest BCUT2D eigenvalue weighted by Gasteiger charge is -2.32. The van der Waals surface area contributed by atoms with Crippen LogP contribution in [0.2, 0.25) is 0 Å². The number of phenols is 1. The van der Waals surface area contributed by atoms with E-state index in [1.807, 2.05) is 12.1 Å². The van der Waals surface area contributed by atoms with Crippen molar-refractivity contribution in [3.8, 4) is 5.75 Å². The average Bonchev–Trinajstić information content (AvgIpc) is 2.38. The molecule has 1 atom stereocenters. The lowest BCUT2D eigenvalue weighted by atomic mass is 10.0. The van der Waals surface area contributed by atoms with Gasteiger partial charge in [-0.1, -0.05) is 12.1 Å². The van der Waals surface area contributed by atoms with Crippen LogP contribution in [0.3, 0.4) is 0 Å². The van der Waals surface area contributed by atoms with E-state index in [0.29, 0.717) is 17.8 Å². The fraction of sp³-hybridized carbons (Fsp3) is 0.625. The molecule has 1 aromatic carbocycles. The minimum absolute atomic E-state index is 0.334. The summed E-state index contributed by atoms with van der Waals surface area (Å²) in [5, 5.41) is 9.27. The zero-order valence-electron chi connectivity index (χ0n) is 12.6. The topological polar surface area (TPSA) is 32.7 Å². The molecule has 0 radical (unpaired) electrons. The van der Waals surface area contributed by atoms with Gasteiger partial charge in [-0.25, -0.2) is 0 Å². The maximum absolute atomic E-state index is 9.27. The van der Waals surface area contributed by atoms with E-state index in [1.54, 1.807) is 19.2 Å². The predicted molar refractivity (Wildman–Crippen MR) is 79.6 cm³/mol. The van der Waals surface area contributed by atoms with Crippen LogP contribution in [0.15, 0.2) is 24.3 Å². The summed E-state index contributed by atoms with van der Waals surface area (Å²) < 4.78 is 5.18. The van der Waals surface area contributed by atoms with Crippen molar-refractivity contribution in [1.29, 1.82) is 0 Å². The summed E-state index contributed by atoms with van der Waals surface area (Å²) in [7, 11) is 1.75. The summed E-state index contributed by atoms with van der Waals surface area (Å²) in [5.41, 5.74) is 1.28. The van der Waals surface area contributed by atoms with Gasteiger partial charge in [0.05, 0.1) is 6.61 Å². The minimum atomic E-state index is 0.334. The molecule has 0 aromatic heterocycles. The molecule has 0 bridgehead atoms. The summed E-state index contributed by atoms with van der Waals surface area (Å²) in [4.78, 5) is 2.48. The number of ether oxygens (including phenoxy) is 1. The van der Waals surface area contributed by atoms with Gasteiger partial charge in [-0.15, -0.1) is 0 Å². The van der Waals surface area contributed by atoms with Gasteiger partial charge in [0.25, 0.3) is 0 Å². The third-order valence-electron chi connectivity index (χ3n) is 3.57. The van der Waals surface area contributed by atoms with Gasteiger partial charge in [-0.3, -0.25) is 4.90 Å². The molecule has 0 aliphatic rings. The molecule has 0 aliphatic heterocycles. The first kappa shape index (κ1) is 16.0. The molecular weight excluding hydrogens is 238 g/mol. The Labute approximate surface area is 117 Å². The molecule has 3 heteroatoms. The number of hydrogen-bond donors (Lipinski definition) is 1. The molecule has 0 saturated carbocycles. The largest absolute Gasteiger partial charge is 0.508 e. The molecule has 108 valence electrons. The predicted octanol–water partition coefficient (Wildman–Crippen LogP) is 3.07. The van der Waals surface area contributed by atoms with Crippen molar-refractivity contribution in [2.75, 3.05) is 20.3 Å². The number of nitrogens with zero attached hydrogens (tertiary/aromatic N) is 1. The lowest BCUT2D eigenvalue weighted by Crippen LogP contribution is -2.41. The average molecular weight is 265 g/mol. The van der Waals surface area contributed by atoms with E-state index < -0.39 is 0 Å². The molecule has 1 unspecified atom stereocenters. The van der Waals surface area contributed by atoms with Crippen molar-refractivity contribution in [2.45, 2.75) is 45.7 Å². The van der Waals surface area contributed by atoms with Crippen LogP contribution >= 0.6 is 0 Å². The van der Waals surface area contributed by atoms with Gasteiger partial charge in [-0.2, -0.15) is 0 Å². The van der Waals surface area contributed by atoms with E-state index >= 15 is 0 Å². The van der Waals surface area contributed by atoms with Crippen LogP contribution in [0.5, 0.6) is 5.75 Å². The molecule has 19 heavy (non-hydrogen) atoms. The summed E-state index contributed by atoms with van der Waals surface area (Å²) >= 11 is 0. The van der Waals surface area contributed by atoms with Crippen LogP contribution in [0.25, 0.3) is 0 Å². The molecule has 1 rings (SSSR count). The van der Waals surface area contributed by atoms with Crippen LogP contribution in [0.4, 0.5) is 0 Å². The molecule has 1 aromatic rings. The Morgan fingerprint density at radius 2 is 1.79 bits per heavy atom. The van der Waals surface area contributed by atoms with Gasteiger partial charge in [0.2, 0.25) is 0 Å². The number of benzene rings is 1. The molecule has 0 spiro atoms. The van der Waals surface area contributed by atoms with Gasteiger partial charge in [0.15, 0.2) is 0 Å². The maximum atomic E-state index is 9.27. The highest BCUT2D eigenvalue weighted by Crippen LogP contribution is 2.15. The quantitative estimate of drug-likeness (QED) is 0.784. The Balaban J connectivity index is 2.47. The van der Waals surface area contributed by atoms with E-state index in [-0.39, 0.29) is 0 Å². The molecule has 0 saturated heterocycles. The second kappa shape index (κ2) is 8.18. The normalized spacial score (nSPS) is 13.2. The van der Waals surface area contributed by atoms with E-state index in [0.717, 1.165) is 26.0 Å². The monoisotopic (exact) mass is 265 g/mol. The van der Waals surface area contributed by atoms with Crippen LogP contribution in [0.1, 0.15) is 32.8 Å². The van der Waals surface area contributed by atoms with Gasteiger partial charge in [0.1, 0.15) is 5.75 Å². The third kappa shape index (κ3) is 5.62. The second-order valence-corrected chi connectivity index (χ2v) is 5.38. The molecule has 1 N–H and O–H groups in total. The van der Waals surface area contributed by atoms with Gasteiger partial charge >= 0.3 is 0 Å². The number of rotatable bonds is 8. The summed E-state index contributed by atoms with van der Waals surface area (Å²) in [6, 6.07) is 8.57. The van der Waals surface area contributed by atoms with Crippen molar-refractivity contribution in [2.24, 2.45) is 0 Å². The fourth-order valence-corrected chi connectivity index (χ4v) is 2.39. The number of phenolic OH excluding ortho intramolecular Hbond substituents is 1. The Hall–Kier alpha value is -1.06. The first-order valence-corrected chi connectivity index (χ1v) is 7.07. The van der Waals surface area contributed by atoms with E-state index in [9.17, 15) is 5.11 Å². The SMILES string of the molecule is COCCN(C(C)C)C(C)CCc1ccc(O)cc1. The summed E-state index contributed by atoms with van der Waals surface area (Å²) in [5.74, 6) is 0.334. The number of hydrogen-bond acceptors (Lipinski definition) is 3. The minimum Gasteiger partial charge on any atom is -0.508 e. The Morgan fingerprint density at radius 1 is 1.16 bits per heavy atom. The van der Waals surface area contributed by atoms with Crippen LogP contribution < -0.4 is 0 Å². The molecule has 0 fully saturated rings. The highest BCUT2D eigenvalue weighted by atomic mass is 16.5. The van der Waals surface area contributed by atoms with E-state index in [4.69, 9.17) is 4.74 Å². The van der Waals surface area contributed by atoms with Crippen LogP contribution in [0, 0.1) is 0 Å². The fourth-order valence-electron chi connectivity index (χ4n) is 2.39. The van der Waals surface area contributed by atoms with Crippen molar-refractivity contribution in [3.05, 3.63) is 29.8 Å². The first-order chi connectivity index (χ1) is 9.04. The maximum Gasteiger partial charge on any atom is 0.115 e. The molecule has 0 heterocycles. The van der Waals surface area contributed by atoms with Crippen molar-refractivity contribution in [1.82, 2.24) is 4.90 Å². The van der Waals surface area contributed by atoms with Crippen molar-refractivity contribution < 1.29 is 9.84 Å². The molecule has 0 aliphatic carbocycles. The standard InChI is InChI=1S/C16H27NO2/c1-13(2)17(11-12-19-4)14(3)5-6-15-7-9-16(18)10-8-15/h7-10,13-14,18H,5-6,11-12H2,1-4H3. The zero-order chi connectivity index (χ0) is 14.3. The van der Waals surface area contributed by atoms with Gasteiger partial charge in [0, 0.05) is 25.7 Å². The van der Waals surface area contributed by atoms with Gasteiger partial charge in [-0.05, 0) is 51.3 Å². The smallest absolute Gasteiger partial charge is 0.115 e. The Morgan fingerprint density at radius 3 is 2.32 bits per heavy atom. The number of aromatic hydroxyl groups is 1. The number of methoxy groups -OCH3 is 1. The highest BCUT2D eigenvalue weighted by molar-refractivity contribution is 5.25. The molecular formula is C16H27NO2. The molecule has 0 amide bonds. The molecule has 3 nitrogen and oxygen atoms in total. The highest BCUT2D eigenvalue weighted by Gasteiger charge is 2.16. The van der Waals surface area contributed by atoms with Crippen molar-refractivity contribution >= 4 is 0 Å². The third-order valence-corrected chi connectivity index (χ3v) is 3.57. The first-order valence-electron chi connectivity index (χ1n) is 7.07. The number of aryl methyl sites for hydroxylation is 1. The Kier molecular flexibility index (Phi) is 6.89. The zero-order valence-corrected chi connectivity index (χ0v) is 12.6. The summed E-state index contributed by atoms with van der Waals surface area (Å²) in [6.07, 6.45) is 2.16. The van der Waals surface area contributed by atoms with Crippen LogP contribution in [-0.4, -0.2) is 42.4 Å². The Bertz CT molecular complexity index is 348. The van der Waals surface area contributed by atoms with E-state index in [2.05, 4.69) is 25.7 Å². The summed E-state index contributed by atoms with van der Waals surface area (Å²) in [6.45, 7) is 8.49. The second-order valence-electron chi connectivity index (χ2n) is 5.38.